The van der Waals surface area contributed by atoms with Crippen LogP contribution < -0.4 is 5.43 Å². The number of carbonyl (C=O) groups excluding carboxylic acids is 1. The Morgan fingerprint density at radius 3 is 2.52 bits per heavy atom. The fourth-order valence-electron chi connectivity index (χ4n) is 3.55. The van der Waals surface area contributed by atoms with Crippen LogP contribution in [0, 0.1) is 13.8 Å². The number of hydrogen-bond acceptors (Lipinski definition) is 2. The van der Waals surface area contributed by atoms with Gasteiger partial charge in [0.25, 0.3) is 5.91 Å². The lowest BCUT2D eigenvalue weighted by molar-refractivity contribution is 0.0957. The molecule has 0 aliphatic rings. The van der Waals surface area contributed by atoms with E-state index < -0.39 is 0 Å². The van der Waals surface area contributed by atoms with Gasteiger partial charge in [0, 0.05) is 33.2 Å². The van der Waals surface area contributed by atoms with Gasteiger partial charge >= 0.3 is 0 Å². The van der Waals surface area contributed by atoms with E-state index in [1.807, 2.05) is 80.6 Å². The first-order valence-electron chi connectivity index (χ1n) is 9.30. The lowest BCUT2D eigenvalue weighted by atomic mass is 10.0. The molecule has 0 spiro atoms. The molecule has 5 heteroatoms. The van der Waals surface area contributed by atoms with Crippen molar-refractivity contribution < 1.29 is 4.79 Å². The maximum absolute atomic E-state index is 12.6. The van der Waals surface area contributed by atoms with Crippen LogP contribution in [-0.4, -0.2) is 16.7 Å². The molecule has 0 aliphatic carbocycles. The molecule has 4 aromatic rings. The first-order valence-corrected chi connectivity index (χ1v) is 9.68. The smallest absolute Gasteiger partial charge is 0.271 e. The van der Waals surface area contributed by atoms with Gasteiger partial charge in [-0.3, -0.25) is 4.79 Å². The van der Waals surface area contributed by atoms with Crippen molar-refractivity contribution in [3.63, 3.8) is 0 Å². The number of nitrogens with one attached hydrogen (secondary N) is 1. The van der Waals surface area contributed by atoms with Gasteiger partial charge in [0.2, 0.25) is 0 Å². The Morgan fingerprint density at radius 2 is 1.72 bits per heavy atom. The van der Waals surface area contributed by atoms with Gasteiger partial charge in [-0.2, -0.15) is 5.10 Å². The molecular formula is C24H20ClN3O. The fraction of sp³-hybridized carbons (Fsp3) is 0.0833. The summed E-state index contributed by atoms with van der Waals surface area (Å²) in [5.41, 5.74) is 7.33. The molecule has 1 heterocycles. The molecule has 0 atom stereocenters. The van der Waals surface area contributed by atoms with Crippen LogP contribution >= 0.6 is 11.6 Å². The molecule has 0 unspecified atom stereocenters. The zero-order valence-corrected chi connectivity index (χ0v) is 16.9. The Morgan fingerprint density at radius 1 is 1.00 bits per heavy atom. The molecule has 144 valence electrons. The number of aryl methyl sites for hydroxylation is 1. The van der Waals surface area contributed by atoms with E-state index in [1.165, 1.54) is 0 Å². The van der Waals surface area contributed by atoms with Gasteiger partial charge in [-0.05, 0) is 61.0 Å². The number of carbonyl (C=O) groups is 1. The third kappa shape index (κ3) is 3.80. The van der Waals surface area contributed by atoms with Gasteiger partial charge in [0.05, 0.1) is 6.21 Å². The summed E-state index contributed by atoms with van der Waals surface area (Å²) in [6.07, 6.45) is 1.68. The van der Waals surface area contributed by atoms with Crippen molar-refractivity contribution >= 4 is 34.5 Å². The summed E-state index contributed by atoms with van der Waals surface area (Å²) in [6, 6.07) is 23.2. The van der Waals surface area contributed by atoms with E-state index >= 15 is 0 Å². The van der Waals surface area contributed by atoms with Crippen LogP contribution in [0.1, 0.15) is 27.3 Å². The Kier molecular flexibility index (Phi) is 5.19. The lowest BCUT2D eigenvalue weighted by Crippen LogP contribution is -2.18. The molecule has 0 saturated carbocycles. The molecule has 1 aromatic heterocycles. The monoisotopic (exact) mass is 401 g/mol. The average molecular weight is 402 g/mol. The van der Waals surface area contributed by atoms with Crippen molar-refractivity contribution in [2.24, 2.45) is 5.10 Å². The second-order valence-electron chi connectivity index (χ2n) is 6.86. The van der Waals surface area contributed by atoms with Crippen LogP contribution in [0.25, 0.3) is 16.5 Å². The minimum atomic E-state index is -0.232. The van der Waals surface area contributed by atoms with E-state index in [4.69, 9.17) is 11.6 Å². The average Bonchev–Trinajstić information content (AvgIpc) is 3.01. The predicted octanol–water partition coefficient (Wildman–Crippen LogP) is 5.66. The summed E-state index contributed by atoms with van der Waals surface area (Å²) in [4.78, 5) is 12.6. The van der Waals surface area contributed by atoms with Gasteiger partial charge in [0.1, 0.15) is 0 Å². The summed E-state index contributed by atoms with van der Waals surface area (Å²) >= 11 is 6.00. The van der Waals surface area contributed by atoms with E-state index in [-0.39, 0.29) is 5.91 Å². The lowest BCUT2D eigenvalue weighted by Gasteiger charge is -2.09. The highest BCUT2D eigenvalue weighted by Crippen LogP contribution is 2.21. The van der Waals surface area contributed by atoms with Crippen LogP contribution in [0.15, 0.2) is 77.9 Å². The summed E-state index contributed by atoms with van der Waals surface area (Å²) in [5, 5.41) is 6.82. The molecule has 29 heavy (non-hydrogen) atoms. The maximum atomic E-state index is 12.6. The maximum Gasteiger partial charge on any atom is 0.271 e. The minimum absolute atomic E-state index is 0.232. The SMILES string of the molecule is Cc1cc(/C=N\NC(=O)c2cccc3ccccc23)c(C)n1-c1ccc(Cl)cc1. The van der Waals surface area contributed by atoms with Crippen LogP contribution in [-0.2, 0) is 0 Å². The molecule has 0 radical (unpaired) electrons. The topological polar surface area (TPSA) is 46.4 Å². The van der Waals surface area contributed by atoms with Crippen LogP contribution in [0.5, 0.6) is 0 Å². The molecule has 0 fully saturated rings. The number of nitrogens with zero attached hydrogens (tertiary/aromatic N) is 2. The zero-order chi connectivity index (χ0) is 20.4. The fourth-order valence-corrected chi connectivity index (χ4v) is 3.68. The van der Waals surface area contributed by atoms with Gasteiger partial charge in [-0.25, -0.2) is 5.43 Å². The molecule has 0 aliphatic heterocycles. The summed E-state index contributed by atoms with van der Waals surface area (Å²) < 4.78 is 2.13. The van der Waals surface area contributed by atoms with Crippen molar-refractivity contribution in [1.29, 1.82) is 0 Å². The number of amides is 1. The second kappa shape index (κ2) is 7.94. The van der Waals surface area contributed by atoms with Crippen LogP contribution in [0.2, 0.25) is 5.02 Å². The van der Waals surface area contributed by atoms with Crippen LogP contribution in [0.3, 0.4) is 0 Å². The highest BCUT2D eigenvalue weighted by Gasteiger charge is 2.11. The number of benzene rings is 3. The van der Waals surface area contributed by atoms with E-state index in [0.717, 1.165) is 33.4 Å². The number of halogens is 1. The summed E-state index contributed by atoms with van der Waals surface area (Å²) in [6.45, 7) is 4.06. The Hall–Kier alpha value is -3.37. The summed E-state index contributed by atoms with van der Waals surface area (Å²) in [5.74, 6) is -0.232. The van der Waals surface area contributed by atoms with E-state index in [0.29, 0.717) is 10.6 Å². The quantitative estimate of drug-likeness (QED) is 0.348. The number of fused-ring (bicyclic) bond motifs is 1. The van der Waals surface area contributed by atoms with Crippen molar-refractivity contribution in [1.82, 2.24) is 9.99 Å². The van der Waals surface area contributed by atoms with Gasteiger partial charge < -0.3 is 4.57 Å². The Bertz CT molecular complexity index is 1220. The van der Waals surface area contributed by atoms with Gasteiger partial charge in [-0.15, -0.1) is 0 Å². The molecule has 4 rings (SSSR count). The third-order valence-corrected chi connectivity index (χ3v) is 5.21. The minimum Gasteiger partial charge on any atom is -0.318 e. The molecular weight excluding hydrogens is 382 g/mol. The van der Waals surface area contributed by atoms with Gasteiger partial charge in [-0.1, -0.05) is 48.0 Å². The van der Waals surface area contributed by atoms with Crippen molar-refractivity contribution in [3.05, 3.63) is 100 Å². The molecule has 0 bridgehead atoms. The first-order chi connectivity index (χ1) is 14.0. The van der Waals surface area contributed by atoms with Crippen LogP contribution in [0.4, 0.5) is 0 Å². The largest absolute Gasteiger partial charge is 0.318 e. The second-order valence-corrected chi connectivity index (χ2v) is 7.30. The number of hydrazone groups is 1. The third-order valence-electron chi connectivity index (χ3n) is 4.96. The molecule has 4 nitrogen and oxygen atoms in total. The van der Waals surface area contributed by atoms with Crippen molar-refractivity contribution in [3.8, 4) is 5.69 Å². The molecule has 1 amide bonds. The van der Waals surface area contributed by atoms with E-state index in [9.17, 15) is 4.79 Å². The molecule has 3 aromatic carbocycles. The van der Waals surface area contributed by atoms with E-state index in [1.54, 1.807) is 12.3 Å². The zero-order valence-electron chi connectivity index (χ0n) is 16.2. The highest BCUT2D eigenvalue weighted by molar-refractivity contribution is 6.30. The Labute approximate surface area is 174 Å². The number of rotatable bonds is 4. The number of aromatic nitrogens is 1. The standard InChI is InChI=1S/C24H20ClN3O/c1-16-14-19(17(2)28(16)21-12-10-20(25)11-13-21)15-26-27-24(29)23-9-5-7-18-6-3-4-8-22(18)23/h3-15H,1-2H3,(H,27,29)/b26-15-. The Balaban J connectivity index is 1.56. The van der Waals surface area contributed by atoms with Crippen molar-refractivity contribution in [2.45, 2.75) is 13.8 Å². The normalized spacial score (nSPS) is 11.3. The summed E-state index contributed by atoms with van der Waals surface area (Å²) in [7, 11) is 0. The molecule has 1 N–H and O–H groups in total. The van der Waals surface area contributed by atoms with Crippen molar-refractivity contribution in [2.75, 3.05) is 0 Å². The van der Waals surface area contributed by atoms with E-state index in [2.05, 4.69) is 15.1 Å². The predicted molar refractivity (Wildman–Crippen MR) is 119 cm³/mol. The molecule has 0 saturated heterocycles. The number of hydrogen-bond donors (Lipinski definition) is 1. The van der Waals surface area contributed by atoms with Gasteiger partial charge in [0.15, 0.2) is 0 Å². The first kappa shape index (κ1) is 19.0. The highest BCUT2D eigenvalue weighted by atomic mass is 35.5.